The van der Waals surface area contributed by atoms with Gasteiger partial charge >= 0.3 is 5.97 Å². The van der Waals surface area contributed by atoms with Gasteiger partial charge in [-0.3, -0.25) is 9.69 Å². The molecule has 0 unspecified atom stereocenters. The number of rotatable bonds is 10. The molecule has 10 heteroatoms. The quantitative estimate of drug-likeness (QED) is 0.326. The first kappa shape index (κ1) is 29.4. The Morgan fingerprint density at radius 1 is 1.21 bits per heavy atom. The number of halogens is 3. The van der Waals surface area contributed by atoms with E-state index in [1.807, 2.05) is 4.90 Å². The van der Waals surface area contributed by atoms with Crippen molar-refractivity contribution in [3.05, 3.63) is 58.5 Å². The van der Waals surface area contributed by atoms with Crippen LogP contribution < -0.4 is 5.32 Å². The number of nitrogens with zero attached hydrogens (tertiary/aromatic N) is 2. The van der Waals surface area contributed by atoms with E-state index in [4.69, 9.17) is 14.5 Å². The summed E-state index contributed by atoms with van der Waals surface area (Å²) in [5.41, 5.74) is 2.85. The van der Waals surface area contributed by atoms with Crippen molar-refractivity contribution in [3.8, 4) is 0 Å². The second kappa shape index (κ2) is 12.1. The van der Waals surface area contributed by atoms with E-state index in [-0.39, 0.29) is 25.6 Å². The molecule has 6 rings (SSSR count). The van der Waals surface area contributed by atoms with Gasteiger partial charge in [0, 0.05) is 50.2 Å². The number of hydrogen-bond donors (Lipinski definition) is 2. The van der Waals surface area contributed by atoms with E-state index in [2.05, 4.69) is 17.4 Å². The highest BCUT2D eigenvalue weighted by Gasteiger charge is 2.57. The molecule has 7 nitrogen and oxygen atoms in total. The number of carboxylic acid groups (broad SMARTS) is 1. The third kappa shape index (κ3) is 6.45. The molecule has 1 saturated carbocycles. The van der Waals surface area contributed by atoms with Gasteiger partial charge in [-0.2, -0.15) is 0 Å². The smallest absolute Gasteiger partial charge is 0.325 e. The number of ether oxygens (including phenoxy) is 2. The van der Waals surface area contributed by atoms with E-state index < -0.39 is 35.3 Å². The molecule has 4 aliphatic rings. The number of likely N-dealkylation sites (tertiary alicyclic amines) is 1. The summed E-state index contributed by atoms with van der Waals surface area (Å²) in [5.74, 6) is -3.18. The van der Waals surface area contributed by atoms with Crippen molar-refractivity contribution in [3.63, 3.8) is 0 Å². The molecular weight excluding hydrogens is 547 g/mol. The molecule has 4 heterocycles. The normalized spacial score (nSPS) is 25.4. The Kier molecular flexibility index (Phi) is 8.49. The number of benzene rings is 1. The van der Waals surface area contributed by atoms with Crippen LogP contribution >= 0.6 is 0 Å². The molecule has 0 bridgehead atoms. The van der Waals surface area contributed by atoms with Crippen LogP contribution in [0.2, 0.25) is 0 Å². The number of carbonyl (C=O) groups is 1. The average molecular weight is 588 g/mol. The van der Waals surface area contributed by atoms with Crippen LogP contribution in [0.15, 0.2) is 30.3 Å². The number of unbranched alkanes of at least 4 members (excludes halogenated alkanes) is 1. The first-order valence-electron chi connectivity index (χ1n) is 15.3. The lowest BCUT2D eigenvalue weighted by Gasteiger charge is -2.51. The van der Waals surface area contributed by atoms with Crippen LogP contribution in [0.4, 0.5) is 19.0 Å². The lowest BCUT2D eigenvalue weighted by atomic mass is 9.62. The topological polar surface area (TPSA) is 83.9 Å². The number of aliphatic carboxylic acids is 1. The van der Waals surface area contributed by atoms with E-state index in [1.54, 1.807) is 6.07 Å². The number of carboxylic acids is 1. The Morgan fingerprint density at radius 2 is 2.07 bits per heavy atom. The summed E-state index contributed by atoms with van der Waals surface area (Å²) in [6.45, 7) is 2.72. The molecule has 2 aromatic rings. The summed E-state index contributed by atoms with van der Waals surface area (Å²) in [7, 11) is 0. The molecular formula is C32H40F3N3O4. The second-order valence-electron chi connectivity index (χ2n) is 12.6. The highest BCUT2D eigenvalue weighted by Crippen LogP contribution is 2.58. The van der Waals surface area contributed by atoms with Gasteiger partial charge in [-0.05, 0) is 86.3 Å². The van der Waals surface area contributed by atoms with Crippen LogP contribution in [0.5, 0.6) is 0 Å². The highest BCUT2D eigenvalue weighted by molar-refractivity contribution is 5.76. The van der Waals surface area contributed by atoms with Crippen molar-refractivity contribution in [2.45, 2.75) is 88.4 Å². The molecule has 0 radical (unpaired) electrons. The van der Waals surface area contributed by atoms with Gasteiger partial charge in [0.15, 0.2) is 0 Å². The van der Waals surface area contributed by atoms with Crippen LogP contribution in [-0.4, -0.2) is 65.8 Å². The predicted octanol–water partition coefficient (Wildman–Crippen LogP) is 6.09. The Balaban J connectivity index is 1.02. The molecule has 3 atom stereocenters. The Labute approximate surface area is 244 Å². The minimum absolute atomic E-state index is 0.0963. The monoisotopic (exact) mass is 587 g/mol. The van der Waals surface area contributed by atoms with Crippen LogP contribution in [-0.2, 0) is 27.1 Å². The number of hydrogen-bond acceptors (Lipinski definition) is 6. The molecule has 3 aliphatic heterocycles. The molecule has 42 heavy (non-hydrogen) atoms. The van der Waals surface area contributed by atoms with Gasteiger partial charge in [-0.25, -0.2) is 18.2 Å². The van der Waals surface area contributed by atoms with Crippen molar-refractivity contribution in [2.75, 3.05) is 38.2 Å². The van der Waals surface area contributed by atoms with E-state index in [1.165, 1.54) is 17.7 Å². The summed E-state index contributed by atoms with van der Waals surface area (Å²) >= 11 is 0. The lowest BCUT2D eigenvalue weighted by Crippen LogP contribution is -2.51. The number of alkyl halides is 2. The lowest BCUT2D eigenvalue weighted by molar-refractivity contribution is -0.212. The maximum atomic E-state index is 14.5. The molecule has 228 valence electrons. The number of fused-ring (bicyclic) bond motifs is 1. The van der Waals surface area contributed by atoms with Gasteiger partial charge in [0.25, 0.3) is 0 Å². The third-order valence-electron chi connectivity index (χ3n) is 9.39. The van der Waals surface area contributed by atoms with Gasteiger partial charge in [0.2, 0.25) is 5.92 Å². The van der Waals surface area contributed by atoms with E-state index in [0.717, 1.165) is 50.2 Å². The number of pyridine rings is 1. The number of aromatic nitrogens is 1. The summed E-state index contributed by atoms with van der Waals surface area (Å²) in [6, 6.07) is 7.43. The zero-order valence-corrected chi connectivity index (χ0v) is 23.9. The van der Waals surface area contributed by atoms with Crippen molar-refractivity contribution in [2.24, 2.45) is 5.41 Å². The molecule has 3 fully saturated rings. The van der Waals surface area contributed by atoms with Crippen molar-refractivity contribution >= 4 is 11.8 Å². The number of aryl methyl sites for hydroxylation is 2. The number of nitrogens with one attached hydrogen (secondary N) is 1. The average Bonchev–Trinajstić information content (AvgIpc) is 3.40. The maximum absolute atomic E-state index is 14.5. The third-order valence-corrected chi connectivity index (χ3v) is 9.39. The van der Waals surface area contributed by atoms with Crippen LogP contribution in [0.3, 0.4) is 0 Å². The maximum Gasteiger partial charge on any atom is 0.325 e. The van der Waals surface area contributed by atoms with Gasteiger partial charge in [0.1, 0.15) is 17.7 Å². The Hall–Kier alpha value is -2.69. The van der Waals surface area contributed by atoms with Crippen molar-refractivity contribution in [1.29, 1.82) is 0 Å². The van der Waals surface area contributed by atoms with E-state index >= 15 is 0 Å². The molecule has 1 aromatic heterocycles. The highest BCUT2D eigenvalue weighted by atomic mass is 19.3. The Bertz CT molecular complexity index is 1270. The van der Waals surface area contributed by atoms with Crippen LogP contribution in [0.25, 0.3) is 0 Å². The fourth-order valence-corrected chi connectivity index (χ4v) is 7.29. The molecule has 1 aromatic carbocycles. The van der Waals surface area contributed by atoms with Gasteiger partial charge in [0.05, 0.1) is 18.8 Å². The standard InChI is InChI=1S/C32H40F3N3O4/c33-22-7-9-25(27-10-12-31(20-42-27)18-32(34,35)19-31)26(16-22)28(30(39)40)38-14-11-24(17-38)41-15-2-1-5-23-8-6-21-4-3-13-36-29(21)37-23/h6-9,16,24,27-28H,1-5,10-15,17-20H2,(H,36,37)(H,39,40)/t24-,27+,28-/m1/s1. The van der Waals surface area contributed by atoms with E-state index in [9.17, 15) is 23.1 Å². The fraction of sp³-hybridized carbons (Fsp3) is 0.625. The van der Waals surface area contributed by atoms with Crippen molar-refractivity contribution < 1.29 is 32.5 Å². The minimum Gasteiger partial charge on any atom is -0.480 e. The Morgan fingerprint density at radius 3 is 2.83 bits per heavy atom. The number of anilines is 1. The molecule has 1 spiro atoms. The van der Waals surface area contributed by atoms with Crippen LogP contribution in [0, 0.1) is 11.2 Å². The van der Waals surface area contributed by atoms with Gasteiger partial charge in [-0.1, -0.05) is 12.1 Å². The minimum atomic E-state index is -2.63. The molecule has 2 N–H and O–H groups in total. The largest absolute Gasteiger partial charge is 0.480 e. The van der Waals surface area contributed by atoms with E-state index in [0.29, 0.717) is 50.1 Å². The van der Waals surface area contributed by atoms with Gasteiger partial charge < -0.3 is 19.9 Å². The second-order valence-corrected chi connectivity index (χ2v) is 12.6. The van der Waals surface area contributed by atoms with Crippen molar-refractivity contribution in [1.82, 2.24) is 9.88 Å². The zero-order chi connectivity index (χ0) is 29.3. The SMILES string of the molecule is O=C(O)[C@@H](c1cc(F)ccc1[C@@H]1CCC2(CO1)CC(F)(F)C2)N1CC[C@@H](OCCCCc2ccc3c(n2)NCCC3)C1. The first-order valence-corrected chi connectivity index (χ1v) is 15.3. The summed E-state index contributed by atoms with van der Waals surface area (Å²) in [4.78, 5) is 19.1. The summed E-state index contributed by atoms with van der Waals surface area (Å²) in [6.07, 6.45) is 5.83. The zero-order valence-electron chi connectivity index (χ0n) is 23.9. The van der Waals surface area contributed by atoms with Crippen LogP contribution in [0.1, 0.15) is 85.9 Å². The van der Waals surface area contributed by atoms with Gasteiger partial charge in [-0.15, -0.1) is 0 Å². The summed E-state index contributed by atoms with van der Waals surface area (Å²) < 4.78 is 53.7. The molecule has 2 saturated heterocycles. The summed E-state index contributed by atoms with van der Waals surface area (Å²) in [5, 5.41) is 13.6. The first-order chi connectivity index (χ1) is 20.2. The molecule has 0 amide bonds. The fourth-order valence-electron chi connectivity index (χ4n) is 7.29. The predicted molar refractivity (Wildman–Crippen MR) is 151 cm³/mol. The molecule has 1 aliphatic carbocycles.